The Morgan fingerprint density at radius 3 is 2.13 bits per heavy atom. The summed E-state index contributed by atoms with van der Waals surface area (Å²) >= 11 is 1.43. The molecule has 2 aromatic carbocycles. The molecular formula is C18H18O4S. The van der Waals surface area contributed by atoms with Gasteiger partial charge in [-0.1, -0.05) is 48.5 Å². The number of thioether (sulfide) groups is 1. The zero-order valence-corrected chi connectivity index (χ0v) is 13.5. The van der Waals surface area contributed by atoms with Gasteiger partial charge in [-0.25, -0.2) is 0 Å². The second-order valence-electron chi connectivity index (χ2n) is 5.01. The first-order chi connectivity index (χ1) is 11.1. The second-order valence-corrected chi connectivity index (χ2v) is 6.10. The zero-order valence-electron chi connectivity index (χ0n) is 12.7. The van der Waals surface area contributed by atoms with Gasteiger partial charge in [0.1, 0.15) is 12.0 Å². The van der Waals surface area contributed by atoms with Crippen LogP contribution in [0.2, 0.25) is 0 Å². The molecular weight excluding hydrogens is 312 g/mol. The number of hydrogen-bond donors (Lipinski definition) is 1. The first-order valence-corrected chi connectivity index (χ1v) is 8.19. The van der Waals surface area contributed by atoms with E-state index in [1.807, 2.05) is 36.4 Å². The lowest BCUT2D eigenvalue weighted by Gasteiger charge is -2.24. The fraction of sp³-hybridized carbons (Fsp3) is 0.222. The Kier molecular flexibility index (Phi) is 6.23. The molecule has 2 aromatic rings. The average molecular weight is 330 g/mol. The smallest absolute Gasteiger partial charge is 0.311 e. The molecule has 0 aromatic heterocycles. The number of hydrogen-bond acceptors (Lipinski definition) is 4. The molecule has 0 amide bonds. The monoisotopic (exact) mass is 330 g/mol. The first kappa shape index (κ1) is 17.1. The van der Waals surface area contributed by atoms with Crippen LogP contribution in [0.15, 0.2) is 65.6 Å². The van der Waals surface area contributed by atoms with Gasteiger partial charge in [-0.05, 0) is 17.7 Å². The standard InChI is InChI=1S/C18H18O4S/c1-13(19)22-17(14-8-4-2-5-9-14)16(18(20)21)12-23-15-10-6-3-7-11-15/h2-11,16-17H,12H2,1H3,(H,20,21)/t16-,17+/m0/s1. The molecule has 0 heterocycles. The molecule has 0 aliphatic rings. The van der Waals surface area contributed by atoms with Gasteiger partial charge >= 0.3 is 11.9 Å². The maximum absolute atomic E-state index is 11.7. The number of carbonyl (C=O) groups is 2. The van der Waals surface area contributed by atoms with E-state index in [0.717, 1.165) is 4.90 Å². The van der Waals surface area contributed by atoms with Crippen LogP contribution in [0, 0.1) is 5.92 Å². The molecule has 120 valence electrons. The molecule has 0 fully saturated rings. The summed E-state index contributed by atoms with van der Waals surface area (Å²) in [5.41, 5.74) is 0.684. The van der Waals surface area contributed by atoms with E-state index in [4.69, 9.17) is 4.74 Å². The quantitative estimate of drug-likeness (QED) is 0.618. The summed E-state index contributed by atoms with van der Waals surface area (Å²) < 4.78 is 5.32. The molecule has 23 heavy (non-hydrogen) atoms. The summed E-state index contributed by atoms with van der Waals surface area (Å²) in [5.74, 6) is -1.99. The van der Waals surface area contributed by atoms with Crippen LogP contribution in [0.25, 0.3) is 0 Å². The van der Waals surface area contributed by atoms with E-state index in [-0.39, 0.29) is 0 Å². The fourth-order valence-electron chi connectivity index (χ4n) is 2.19. The van der Waals surface area contributed by atoms with Crippen molar-refractivity contribution in [2.45, 2.75) is 17.9 Å². The molecule has 1 N–H and O–H groups in total. The normalized spacial score (nSPS) is 13.1. The summed E-state index contributed by atoms with van der Waals surface area (Å²) in [7, 11) is 0. The molecule has 2 rings (SSSR count). The minimum Gasteiger partial charge on any atom is -0.481 e. The number of esters is 1. The maximum atomic E-state index is 11.7. The Bertz CT molecular complexity index is 643. The van der Waals surface area contributed by atoms with Crippen molar-refractivity contribution >= 4 is 23.7 Å². The number of ether oxygens (including phenoxy) is 1. The number of carboxylic acid groups (broad SMARTS) is 1. The topological polar surface area (TPSA) is 63.6 Å². The van der Waals surface area contributed by atoms with Gasteiger partial charge < -0.3 is 9.84 Å². The molecule has 0 aliphatic heterocycles. The highest BCUT2D eigenvalue weighted by molar-refractivity contribution is 7.99. The van der Waals surface area contributed by atoms with Gasteiger partial charge in [0.15, 0.2) is 0 Å². The third-order valence-electron chi connectivity index (χ3n) is 3.28. The number of carbonyl (C=O) groups excluding carboxylic acids is 1. The Labute approximate surface area is 139 Å². The molecule has 0 spiro atoms. The summed E-state index contributed by atoms with van der Waals surface area (Å²) in [6, 6.07) is 18.5. The van der Waals surface area contributed by atoms with Crippen molar-refractivity contribution in [2.75, 3.05) is 5.75 Å². The van der Waals surface area contributed by atoms with Crippen molar-refractivity contribution in [3.05, 3.63) is 66.2 Å². The minimum absolute atomic E-state index is 0.312. The molecule has 0 aliphatic carbocycles. The minimum atomic E-state index is -0.983. The Morgan fingerprint density at radius 1 is 1.04 bits per heavy atom. The molecule has 0 radical (unpaired) electrons. The average Bonchev–Trinajstić information content (AvgIpc) is 2.55. The highest BCUT2D eigenvalue weighted by atomic mass is 32.2. The summed E-state index contributed by atoms with van der Waals surface area (Å²) in [5, 5.41) is 9.59. The lowest BCUT2D eigenvalue weighted by atomic mass is 9.97. The zero-order chi connectivity index (χ0) is 16.7. The van der Waals surface area contributed by atoms with Crippen molar-refractivity contribution < 1.29 is 19.4 Å². The third kappa shape index (κ3) is 5.14. The van der Waals surface area contributed by atoms with Crippen molar-refractivity contribution in [1.29, 1.82) is 0 Å². The summed E-state index contributed by atoms with van der Waals surface area (Å²) in [6.45, 7) is 1.29. The van der Waals surface area contributed by atoms with Crippen LogP contribution < -0.4 is 0 Å². The van der Waals surface area contributed by atoms with E-state index >= 15 is 0 Å². The van der Waals surface area contributed by atoms with Crippen LogP contribution in [0.4, 0.5) is 0 Å². The third-order valence-corrected chi connectivity index (χ3v) is 4.41. The fourth-order valence-corrected chi connectivity index (χ4v) is 3.23. The van der Waals surface area contributed by atoms with Gasteiger partial charge in [0.05, 0.1) is 0 Å². The van der Waals surface area contributed by atoms with E-state index in [9.17, 15) is 14.7 Å². The molecule has 4 nitrogen and oxygen atoms in total. The highest BCUT2D eigenvalue weighted by Gasteiger charge is 2.32. The van der Waals surface area contributed by atoms with Crippen molar-refractivity contribution in [1.82, 2.24) is 0 Å². The first-order valence-electron chi connectivity index (χ1n) is 7.20. The number of rotatable bonds is 7. The van der Waals surface area contributed by atoms with Crippen LogP contribution >= 0.6 is 11.8 Å². The van der Waals surface area contributed by atoms with Gasteiger partial charge in [-0.2, -0.15) is 0 Å². The van der Waals surface area contributed by atoms with Gasteiger partial charge in [0.2, 0.25) is 0 Å². The number of benzene rings is 2. The maximum Gasteiger partial charge on any atom is 0.311 e. The second kappa shape index (κ2) is 8.39. The molecule has 0 saturated heterocycles. The van der Waals surface area contributed by atoms with E-state index in [0.29, 0.717) is 11.3 Å². The molecule has 2 atom stereocenters. The van der Waals surface area contributed by atoms with Crippen LogP contribution in [-0.2, 0) is 14.3 Å². The molecule has 5 heteroatoms. The molecule has 0 saturated carbocycles. The van der Waals surface area contributed by atoms with Crippen LogP contribution in [-0.4, -0.2) is 22.8 Å². The largest absolute Gasteiger partial charge is 0.481 e. The molecule has 0 bridgehead atoms. The van der Waals surface area contributed by atoms with E-state index in [1.165, 1.54) is 18.7 Å². The van der Waals surface area contributed by atoms with Crippen molar-refractivity contribution in [2.24, 2.45) is 5.92 Å². The highest BCUT2D eigenvalue weighted by Crippen LogP contribution is 2.31. The molecule has 0 unspecified atom stereocenters. The van der Waals surface area contributed by atoms with E-state index < -0.39 is 24.0 Å². The van der Waals surface area contributed by atoms with Crippen LogP contribution in [0.1, 0.15) is 18.6 Å². The van der Waals surface area contributed by atoms with Gasteiger partial charge in [-0.15, -0.1) is 11.8 Å². The van der Waals surface area contributed by atoms with Crippen LogP contribution in [0.5, 0.6) is 0 Å². The van der Waals surface area contributed by atoms with Crippen molar-refractivity contribution in [3.63, 3.8) is 0 Å². The predicted molar refractivity (Wildman–Crippen MR) is 89.2 cm³/mol. The van der Waals surface area contributed by atoms with Gasteiger partial charge in [-0.3, -0.25) is 9.59 Å². The van der Waals surface area contributed by atoms with Gasteiger partial charge in [0.25, 0.3) is 0 Å². The summed E-state index contributed by atoms with van der Waals surface area (Å²) in [4.78, 5) is 24.1. The van der Waals surface area contributed by atoms with Crippen LogP contribution in [0.3, 0.4) is 0 Å². The Morgan fingerprint density at radius 2 is 1.61 bits per heavy atom. The summed E-state index contributed by atoms with van der Waals surface area (Å²) in [6.07, 6.45) is -0.803. The number of carboxylic acids is 1. The Balaban J connectivity index is 2.20. The Hall–Kier alpha value is -2.27. The number of aliphatic carboxylic acids is 1. The lowest BCUT2D eigenvalue weighted by Crippen LogP contribution is -2.27. The van der Waals surface area contributed by atoms with E-state index in [2.05, 4.69) is 0 Å². The lowest BCUT2D eigenvalue weighted by molar-refractivity contribution is -0.156. The van der Waals surface area contributed by atoms with Gasteiger partial charge in [0, 0.05) is 17.6 Å². The van der Waals surface area contributed by atoms with Crippen molar-refractivity contribution in [3.8, 4) is 0 Å². The van der Waals surface area contributed by atoms with E-state index in [1.54, 1.807) is 24.3 Å². The predicted octanol–water partition coefficient (Wildman–Crippen LogP) is 3.78. The SMILES string of the molecule is CC(=O)O[C@H](c1ccccc1)[C@H](CSc1ccccc1)C(=O)O.